The van der Waals surface area contributed by atoms with Crippen molar-refractivity contribution in [2.24, 2.45) is 0 Å². The number of nitrogens with zero attached hydrogens (tertiary/aromatic N) is 1. The molecule has 1 aromatic carbocycles. The Morgan fingerprint density at radius 1 is 1.32 bits per heavy atom. The predicted octanol–water partition coefficient (Wildman–Crippen LogP) is 5.12. The molecule has 0 spiro atoms. The number of thiophene rings is 1. The Labute approximate surface area is 120 Å². The summed E-state index contributed by atoms with van der Waals surface area (Å²) in [4.78, 5) is 4.74. The van der Waals surface area contributed by atoms with Crippen LogP contribution in [0.2, 0.25) is 0 Å². The highest BCUT2D eigenvalue weighted by atomic mass is 32.1. The maximum atomic E-state index is 6.17. The average Bonchev–Trinajstić information content (AvgIpc) is 3.00. The van der Waals surface area contributed by atoms with Crippen molar-refractivity contribution >= 4 is 37.9 Å². The van der Waals surface area contributed by atoms with Gasteiger partial charge in [0, 0.05) is 5.56 Å². The molecule has 0 fully saturated rings. The van der Waals surface area contributed by atoms with E-state index in [1.54, 1.807) is 22.7 Å². The molecule has 0 aliphatic carbocycles. The van der Waals surface area contributed by atoms with Crippen molar-refractivity contribution in [3.63, 3.8) is 0 Å². The standard InChI is InChI=1S/C15H16N2S2/c1-3-9(2)10-8-18-14(16)13(10)15-17-11-6-4-5-7-12(11)19-15/h4-9H,3,16H2,1-2H3. The van der Waals surface area contributed by atoms with Crippen LogP contribution in [-0.4, -0.2) is 4.98 Å². The van der Waals surface area contributed by atoms with Gasteiger partial charge in [-0.2, -0.15) is 0 Å². The number of para-hydroxylation sites is 1. The molecule has 1 unspecified atom stereocenters. The lowest BCUT2D eigenvalue weighted by molar-refractivity contribution is 0.738. The third kappa shape index (κ3) is 2.15. The normalized spacial score (nSPS) is 12.9. The van der Waals surface area contributed by atoms with Gasteiger partial charge in [-0.3, -0.25) is 0 Å². The zero-order chi connectivity index (χ0) is 13.4. The summed E-state index contributed by atoms with van der Waals surface area (Å²) < 4.78 is 1.22. The number of rotatable bonds is 3. The van der Waals surface area contributed by atoms with Gasteiger partial charge < -0.3 is 5.73 Å². The number of anilines is 1. The molecule has 1 atom stereocenters. The molecule has 4 heteroatoms. The van der Waals surface area contributed by atoms with E-state index < -0.39 is 0 Å². The van der Waals surface area contributed by atoms with E-state index in [9.17, 15) is 0 Å². The highest BCUT2D eigenvalue weighted by molar-refractivity contribution is 7.22. The van der Waals surface area contributed by atoms with Gasteiger partial charge in [-0.15, -0.1) is 22.7 Å². The highest BCUT2D eigenvalue weighted by Crippen LogP contribution is 2.42. The SMILES string of the molecule is CCC(C)c1csc(N)c1-c1nc2ccccc2s1. The van der Waals surface area contributed by atoms with Gasteiger partial charge in [-0.05, 0) is 35.4 Å². The van der Waals surface area contributed by atoms with Gasteiger partial charge in [0.15, 0.2) is 0 Å². The minimum Gasteiger partial charge on any atom is -0.390 e. The smallest absolute Gasteiger partial charge is 0.127 e. The van der Waals surface area contributed by atoms with Crippen LogP contribution in [0.25, 0.3) is 20.8 Å². The fraction of sp³-hybridized carbons (Fsp3) is 0.267. The largest absolute Gasteiger partial charge is 0.390 e. The molecule has 0 saturated heterocycles. The van der Waals surface area contributed by atoms with E-state index >= 15 is 0 Å². The Bertz CT molecular complexity index is 679. The Balaban J connectivity index is 2.18. The van der Waals surface area contributed by atoms with Gasteiger partial charge in [-0.1, -0.05) is 26.0 Å². The molecule has 2 aromatic heterocycles. The first-order chi connectivity index (χ1) is 9.20. The third-order valence-electron chi connectivity index (χ3n) is 3.50. The molecule has 2 nitrogen and oxygen atoms in total. The lowest BCUT2D eigenvalue weighted by Gasteiger charge is -2.08. The van der Waals surface area contributed by atoms with Gasteiger partial charge in [-0.25, -0.2) is 4.98 Å². The van der Waals surface area contributed by atoms with Crippen molar-refractivity contribution in [3.05, 3.63) is 35.2 Å². The van der Waals surface area contributed by atoms with Crippen LogP contribution in [-0.2, 0) is 0 Å². The van der Waals surface area contributed by atoms with Crippen molar-refractivity contribution in [2.75, 3.05) is 5.73 Å². The number of thiazole rings is 1. The van der Waals surface area contributed by atoms with E-state index in [1.807, 2.05) is 6.07 Å². The molecule has 0 amide bonds. The zero-order valence-corrected chi connectivity index (χ0v) is 12.6. The van der Waals surface area contributed by atoms with E-state index in [-0.39, 0.29) is 0 Å². The van der Waals surface area contributed by atoms with Gasteiger partial charge in [0.25, 0.3) is 0 Å². The molecule has 0 aliphatic heterocycles. The van der Waals surface area contributed by atoms with Gasteiger partial charge in [0.1, 0.15) is 5.01 Å². The van der Waals surface area contributed by atoms with Gasteiger partial charge in [0.2, 0.25) is 0 Å². The van der Waals surface area contributed by atoms with Crippen molar-refractivity contribution in [3.8, 4) is 10.6 Å². The summed E-state index contributed by atoms with van der Waals surface area (Å²) in [5, 5.41) is 4.12. The van der Waals surface area contributed by atoms with Crippen molar-refractivity contribution < 1.29 is 0 Å². The monoisotopic (exact) mass is 288 g/mol. The second-order valence-corrected chi connectivity index (χ2v) is 6.67. The molecule has 19 heavy (non-hydrogen) atoms. The van der Waals surface area contributed by atoms with Crippen molar-refractivity contribution in [1.29, 1.82) is 0 Å². The lowest BCUT2D eigenvalue weighted by atomic mass is 9.98. The minimum absolute atomic E-state index is 0.524. The number of aromatic nitrogens is 1. The molecule has 2 heterocycles. The second-order valence-electron chi connectivity index (χ2n) is 4.73. The predicted molar refractivity (Wildman–Crippen MR) is 86.1 cm³/mol. The zero-order valence-electron chi connectivity index (χ0n) is 11.0. The Hall–Kier alpha value is -1.39. The molecular formula is C15H16N2S2. The summed E-state index contributed by atoms with van der Waals surface area (Å²) in [6, 6.07) is 8.25. The van der Waals surface area contributed by atoms with Crippen LogP contribution < -0.4 is 5.73 Å². The molecule has 0 saturated carbocycles. The fourth-order valence-electron chi connectivity index (χ4n) is 2.18. The molecule has 2 N–H and O–H groups in total. The lowest BCUT2D eigenvalue weighted by Crippen LogP contribution is -1.93. The third-order valence-corrected chi connectivity index (χ3v) is 5.38. The van der Waals surface area contributed by atoms with E-state index in [1.165, 1.54) is 10.3 Å². The molecule has 3 rings (SSSR count). The van der Waals surface area contributed by atoms with Crippen LogP contribution in [0.4, 0.5) is 5.00 Å². The van der Waals surface area contributed by atoms with Crippen LogP contribution >= 0.6 is 22.7 Å². The first kappa shape index (κ1) is 12.6. The van der Waals surface area contributed by atoms with Crippen molar-refractivity contribution in [2.45, 2.75) is 26.2 Å². The summed E-state index contributed by atoms with van der Waals surface area (Å²) in [7, 11) is 0. The first-order valence-corrected chi connectivity index (χ1v) is 8.13. The number of nitrogens with two attached hydrogens (primary N) is 1. The van der Waals surface area contributed by atoms with Crippen molar-refractivity contribution in [1.82, 2.24) is 4.98 Å². The molecule has 0 radical (unpaired) electrons. The molecule has 0 aliphatic rings. The minimum atomic E-state index is 0.524. The summed E-state index contributed by atoms with van der Waals surface area (Å²) in [5.74, 6) is 0.524. The molecular weight excluding hydrogens is 272 g/mol. The maximum absolute atomic E-state index is 6.17. The van der Waals surface area contributed by atoms with E-state index in [0.717, 1.165) is 27.5 Å². The van der Waals surface area contributed by atoms with Gasteiger partial charge in [0.05, 0.1) is 15.2 Å². The first-order valence-electron chi connectivity index (χ1n) is 6.43. The van der Waals surface area contributed by atoms with E-state index in [2.05, 4.69) is 37.4 Å². The van der Waals surface area contributed by atoms with Crippen LogP contribution in [0.5, 0.6) is 0 Å². The number of benzene rings is 1. The fourth-order valence-corrected chi connectivity index (χ4v) is 4.23. The number of fused-ring (bicyclic) bond motifs is 1. The Kier molecular flexibility index (Phi) is 3.29. The molecule has 98 valence electrons. The maximum Gasteiger partial charge on any atom is 0.127 e. The van der Waals surface area contributed by atoms with Crippen LogP contribution in [0.3, 0.4) is 0 Å². The van der Waals surface area contributed by atoms with E-state index in [0.29, 0.717) is 5.92 Å². The van der Waals surface area contributed by atoms with Gasteiger partial charge >= 0.3 is 0 Å². The topological polar surface area (TPSA) is 38.9 Å². The Morgan fingerprint density at radius 3 is 2.84 bits per heavy atom. The van der Waals surface area contributed by atoms with Crippen LogP contribution in [0, 0.1) is 0 Å². The summed E-state index contributed by atoms with van der Waals surface area (Å²) >= 11 is 3.35. The van der Waals surface area contributed by atoms with Crippen LogP contribution in [0.15, 0.2) is 29.6 Å². The number of nitrogen functional groups attached to an aromatic ring is 1. The summed E-state index contributed by atoms with van der Waals surface area (Å²) in [6.45, 7) is 4.46. The molecule has 0 bridgehead atoms. The van der Waals surface area contributed by atoms with Crippen LogP contribution in [0.1, 0.15) is 31.7 Å². The molecule has 3 aromatic rings. The average molecular weight is 288 g/mol. The number of hydrogen-bond donors (Lipinski definition) is 1. The summed E-state index contributed by atoms with van der Waals surface area (Å²) in [5.41, 5.74) is 9.72. The second kappa shape index (κ2) is 4.94. The summed E-state index contributed by atoms with van der Waals surface area (Å²) in [6.07, 6.45) is 1.12. The Morgan fingerprint density at radius 2 is 2.11 bits per heavy atom. The number of hydrogen-bond acceptors (Lipinski definition) is 4. The highest BCUT2D eigenvalue weighted by Gasteiger charge is 2.18. The van der Waals surface area contributed by atoms with E-state index in [4.69, 9.17) is 10.7 Å². The quantitative estimate of drug-likeness (QED) is 0.726.